The molecule has 1 aliphatic carbocycles. The van der Waals surface area contributed by atoms with Gasteiger partial charge in [-0.1, -0.05) is 64.3 Å². The van der Waals surface area contributed by atoms with E-state index in [0.717, 1.165) is 15.7 Å². The van der Waals surface area contributed by atoms with Gasteiger partial charge in [0.05, 0.1) is 0 Å². The van der Waals surface area contributed by atoms with E-state index in [1.807, 2.05) is 25.1 Å². The minimum absolute atomic E-state index is 0.496. The minimum Gasteiger partial charge on any atom is -0.398 e. The quantitative estimate of drug-likeness (QED) is 0.436. The van der Waals surface area contributed by atoms with E-state index in [2.05, 4.69) is 76.1 Å². The van der Waals surface area contributed by atoms with Gasteiger partial charge in [0.15, 0.2) is 0 Å². The predicted molar refractivity (Wildman–Crippen MR) is 122 cm³/mol. The molecule has 0 radical (unpaired) electrons. The average Bonchev–Trinajstić information content (AvgIpc) is 2.56. The zero-order chi connectivity index (χ0) is 19.3. The monoisotopic (exact) mass is 480 g/mol. The van der Waals surface area contributed by atoms with Crippen molar-refractivity contribution in [2.75, 3.05) is 11.1 Å². The fourth-order valence-electron chi connectivity index (χ4n) is 3.43. The molecule has 4 heteroatoms. The second-order valence-electron chi connectivity index (χ2n) is 7.97. The Morgan fingerprint density at radius 2 is 1.62 bits per heavy atom. The number of hydrogen-bond acceptors (Lipinski definition) is 2. The van der Waals surface area contributed by atoms with Crippen molar-refractivity contribution in [1.29, 1.82) is 0 Å². The van der Waals surface area contributed by atoms with E-state index in [1.54, 1.807) is 0 Å². The summed E-state index contributed by atoms with van der Waals surface area (Å²) in [5.41, 5.74) is 10.6. The molecule has 0 spiro atoms. The maximum atomic E-state index is 5.59. The molecule has 0 bridgehead atoms. The summed E-state index contributed by atoms with van der Waals surface area (Å²) in [5, 5.41) is 3.72. The van der Waals surface area contributed by atoms with Crippen LogP contribution in [0.4, 0.5) is 11.4 Å². The summed E-state index contributed by atoms with van der Waals surface area (Å²) in [7, 11) is 0. The van der Waals surface area contributed by atoms with Gasteiger partial charge < -0.3 is 11.1 Å². The smallest absolute Gasteiger partial charge is 0.0383 e. The van der Waals surface area contributed by atoms with Gasteiger partial charge in [-0.3, -0.25) is 0 Å². The van der Waals surface area contributed by atoms with Crippen LogP contribution in [0.1, 0.15) is 50.7 Å². The molecule has 3 N–H and O–H groups in total. The van der Waals surface area contributed by atoms with Gasteiger partial charge in [0, 0.05) is 26.4 Å². The van der Waals surface area contributed by atoms with Crippen molar-refractivity contribution in [3.05, 3.63) is 56.5 Å². The third-order valence-electron chi connectivity index (χ3n) is 5.14. The van der Waals surface area contributed by atoms with E-state index >= 15 is 0 Å². The Bertz CT molecular complexity index is 721. The predicted octanol–water partition coefficient (Wildman–Crippen LogP) is 7.48. The molecular weight excluding hydrogens is 452 g/mol. The van der Waals surface area contributed by atoms with Gasteiger partial charge in [-0.15, -0.1) is 0 Å². The number of nitrogens with one attached hydrogen (secondary N) is 1. The van der Waals surface area contributed by atoms with Gasteiger partial charge in [-0.05, 0) is 73.9 Å². The van der Waals surface area contributed by atoms with Crippen LogP contribution in [0, 0.1) is 19.3 Å². The number of anilines is 2. The van der Waals surface area contributed by atoms with Gasteiger partial charge in [-0.25, -0.2) is 0 Å². The fourth-order valence-corrected chi connectivity index (χ4v) is 4.18. The Labute approximate surface area is 175 Å². The first-order chi connectivity index (χ1) is 12.2. The highest BCUT2D eigenvalue weighted by Crippen LogP contribution is 2.37. The lowest BCUT2D eigenvalue weighted by molar-refractivity contribution is 0.229. The van der Waals surface area contributed by atoms with Gasteiger partial charge in [0.25, 0.3) is 0 Å². The van der Waals surface area contributed by atoms with Crippen LogP contribution in [0.15, 0.2) is 45.3 Å². The van der Waals surface area contributed by atoms with E-state index in [-0.39, 0.29) is 0 Å². The van der Waals surface area contributed by atoms with Crippen molar-refractivity contribution in [3.63, 3.8) is 0 Å². The largest absolute Gasteiger partial charge is 0.398 e. The SMILES string of the molecule is Cc1c(Br)cccc1NC1CCCC(C)(C)C1.Cc1c(N)cccc1Br. The molecule has 2 aromatic rings. The van der Waals surface area contributed by atoms with E-state index in [0.29, 0.717) is 11.5 Å². The van der Waals surface area contributed by atoms with Gasteiger partial charge in [0.2, 0.25) is 0 Å². The molecule has 26 heavy (non-hydrogen) atoms. The Hall–Kier alpha value is -1.000. The number of nitrogens with two attached hydrogens (primary N) is 1. The van der Waals surface area contributed by atoms with Crippen molar-refractivity contribution >= 4 is 43.2 Å². The molecule has 1 fully saturated rings. The van der Waals surface area contributed by atoms with Crippen LogP contribution >= 0.6 is 31.9 Å². The van der Waals surface area contributed by atoms with Crippen LogP contribution in [0.5, 0.6) is 0 Å². The summed E-state index contributed by atoms with van der Waals surface area (Å²) in [4.78, 5) is 0. The molecule has 0 heterocycles. The second kappa shape index (κ2) is 9.27. The number of hydrogen-bond donors (Lipinski definition) is 2. The lowest BCUT2D eigenvalue weighted by Gasteiger charge is -2.36. The molecule has 2 aromatic carbocycles. The van der Waals surface area contributed by atoms with Crippen LogP contribution in [-0.4, -0.2) is 6.04 Å². The molecule has 2 nitrogen and oxygen atoms in total. The number of nitrogen functional groups attached to an aromatic ring is 1. The van der Waals surface area contributed by atoms with Crippen molar-refractivity contribution < 1.29 is 0 Å². The minimum atomic E-state index is 0.496. The first kappa shape index (κ1) is 21.3. The number of rotatable bonds is 2. The van der Waals surface area contributed by atoms with Gasteiger partial charge in [-0.2, -0.15) is 0 Å². The number of halogens is 2. The molecule has 1 unspecified atom stereocenters. The first-order valence-electron chi connectivity index (χ1n) is 9.22. The Balaban J connectivity index is 0.000000228. The fraction of sp³-hybridized carbons (Fsp3) is 0.455. The zero-order valence-corrected chi connectivity index (χ0v) is 19.4. The maximum absolute atomic E-state index is 5.59. The molecule has 1 aliphatic rings. The van der Waals surface area contributed by atoms with E-state index in [9.17, 15) is 0 Å². The molecule has 1 atom stereocenters. The number of benzene rings is 2. The summed E-state index contributed by atoms with van der Waals surface area (Å²) >= 11 is 6.96. The molecule has 0 saturated heterocycles. The Morgan fingerprint density at radius 1 is 1.00 bits per heavy atom. The lowest BCUT2D eigenvalue weighted by Crippen LogP contribution is -2.31. The lowest BCUT2D eigenvalue weighted by atomic mass is 9.75. The Kier molecular flexibility index (Phi) is 7.60. The van der Waals surface area contributed by atoms with Crippen molar-refractivity contribution in [3.8, 4) is 0 Å². The standard InChI is InChI=1S/C15H22BrN.C7H8BrN/c1-11-13(16)7-4-8-14(11)17-12-6-5-9-15(2,3)10-12;1-5-6(8)3-2-4-7(5)9/h4,7-8,12,17H,5-6,9-10H2,1-3H3;2-4H,9H2,1H3. The summed E-state index contributed by atoms with van der Waals surface area (Å²) < 4.78 is 2.26. The normalized spacial score (nSPS) is 18.6. The summed E-state index contributed by atoms with van der Waals surface area (Å²) in [5.74, 6) is 0. The topological polar surface area (TPSA) is 38.0 Å². The van der Waals surface area contributed by atoms with Crippen LogP contribution in [0.25, 0.3) is 0 Å². The van der Waals surface area contributed by atoms with E-state index in [1.165, 1.54) is 41.4 Å². The molecule has 1 saturated carbocycles. The third-order valence-corrected chi connectivity index (χ3v) is 6.86. The van der Waals surface area contributed by atoms with Crippen molar-refractivity contribution in [2.24, 2.45) is 5.41 Å². The molecule has 0 amide bonds. The van der Waals surface area contributed by atoms with E-state index in [4.69, 9.17) is 5.73 Å². The van der Waals surface area contributed by atoms with Gasteiger partial charge >= 0.3 is 0 Å². The third kappa shape index (κ3) is 6.02. The highest BCUT2D eigenvalue weighted by Gasteiger charge is 2.27. The summed E-state index contributed by atoms with van der Waals surface area (Å²) in [6, 6.07) is 12.8. The molecule has 3 rings (SSSR count). The van der Waals surface area contributed by atoms with Crippen LogP contribution < -0.4 is 11.1 Å². The second-order valence-corrected chi connectivity index (χ2v) is 9.68. The first-order valence-corrected chi connectivity index (χ1v) is 10.8. The molecule has 0 aliphatic heterocycles. The van der Waals surface area contributed by atoms with Crippen LogP contribution in [0.2, 0.25) is 0 Å². The Morgan fingerprint density at radius 3 is 2.19 bits per heavy atom. The van der Waals surface area contributed by atoms with Crippen LogP contribution in [-0.2, 0) is 0 Å². The van der Waals surface area contributed by atoms with Crippen LogP contribution in [0.3, 0.4) is 0 Å². The van der Waals surface area contributed by atoms with Crippen molar-refractivity contribution in [2.45, 2.75) is 59.4 Å². The molecule has 0 aromatic heterocycles. The van der Waals surface area contributed by atoms with Crippen molar-refractivity contribution in [1.82, 2.24) is 0 Å². The molecule has 142 valence electrons. The highest BCUT2D eigenvalue weighted by molar-refractivity contribution is 9.10. The zero-order valence-electron chi connectivity index (χ0n) is 16.2. The maximum Gasteiger partial charge on any atom is 0.0383 e. The molecular formula is C22H30Br2N2. The average molecular weight is 482 g/mol. The van der Waals surface area contributed by atoms with E-state index < -0.39 is 0 Å². The van der Waals surface area contributed by atoms with Gasteiger partial charge in [0.1, 0.15) is 0 Å². The summed E-state index contributed by atoms with van der Waals surface area (Å²) in [6.07, 6.45) is 5.29. The highest BCUT2D eigenvalue weighted by atomic mass is 79.9. The summed E-state index contributed by atoms with van der Waals surface area (Å²) in [6.45, 7) is 8.92.